The monoisotopic (exact) mass is 199 g/mol. The Morgan fingerprint density at radius 1 is 1.54 bits per heavy atom. The molecule has 0 atom stereocenters. The number of nitrogens with one attached hydrogen (secondary N) is 1. The summed E-state index contributed by atoms with van der Waals surface area (Å²) in [5, 5.41) is 3.39. The Morgan fingerprint density at radius 2 is 2.38 bits per heavy atom. The average molecular weight is 199 g/mol. The van der Waals surface area contributed by atoms with Gasteiger partial charge >= 0.3 is 0 Å². The van der Waals surface area contributed by atoms with Crippen molar-refractivity contribution in [3.05, 3.63) is 16.6 Å². The van der Waals surface area contributed by atoms with Crippen molar-refractivity contribution in [1.29, 1.82) is 0 Å². The maximum Gasteiger partial charge on any atom is 0.0794 e. The molecule has 0 bridgehead atoms. The van der Waals surface area contributed by atoms with Crippen LogP contribution in [0.5, 0.6) is 0 Å². The van der Waals surface area contributed by atoms with Crippen LogP contribution in [0, 0.1) is 0 Å². The van der Waals surface area contributed by atoms with Crippen LogP contribution in [0.4, 0.5) is 0 Å². The van der Waals surface area contributed by atoms with Gasteiger partial charge in [-0.15, -0.1) is 11.3 Å². The van der Waals surface area contributed by atoms with E-state index in [1.165, 1.54) is 11.3 Å². The molecule has 1 heterocycles. The van der Waals surface area contributed by atoms with Gasteiger partial charge < -0.3 is 10.2 Å². The minimum absolute atomic E-state index is 0.956. The summed E-state index contributed by atoms with van der Waals surface area (Å²) < 4.78 is 0. The molecule has 0 aliphatic heterocycles. The number of aromatic nitrogens is 1. The van der Waals surface area contributed by atoms with Crippen LogP contribution in [-0.2, 0) is 6.54 Å². The number of rotatable bonds is 6. The van der Waals surface area contributed by atoms with Crippen LogP contribution in [-0.4, -0.2) is 37.1 Å². The third-order valence-corrected chi connectivity index (χ3v) is 2.52. The van der Waals surface area contributed by atoms with Gasteiger partial charge in [-0.1, -0.05) is 0 Å². The molecule has 0 saturated heterocycles. The van der Waals surface area contributed by atoms with Crippen molar-refractivity contribution >= 4 is 11.3 Å². The van der Waals surface area contributed by atoms with Crippen molar-refractivity contribution < 1.29 is 0 Å². The Hall–Kier alpha value is -0.450. The maximum absolute atomic E-state index is 4.02. The second kappa shape index (κ2) is 6.07. The van der Waals surface area contributed by atoms with Crippen LogP contribution in [0.15, 0.2) is 11.7 Å². The zero-order chi connectivity index (χ0) is 9.52. The van der Waals surface area contributed by atoms with Crippen LogP contribution in [0.3, 0.4) is 0 Å². The van der Waals surface area contributed by atoms with E-state index in [4.69, 9.17) is 0 Å². The Kier molecular flexibility index (Phi) is 4.97. The summed E-state index contributed by atoms with van der Waals surface area (Å²) in [6.07, 6.45) is 3.12. The predicted octanol–water partition coefficient (Wildman–Crippen LogP) is 1.18. The maximum atomic E-state index is 4.02. The van der Waals surface area contributed by atoms with Gasteiger partial charge in [-0.3, -0.25) is 4.98 Å². The fourth-order valence-electron chi connectivity index (χ4n) is 1.06. The average Bonchev–Trinajstić information content (AvgIpc) is 2.55. The van der Waals surface area contributed by atoms with Gasteiger partial charge in [-0.25, -0.2) is 0 Å². The highest BCUT2D eigenvalue weighted by atomic mass is 32.1. The molecule has 0 aromatic carbocycles. The number of hydrogen-bond acceptors (Lipinski definition) is 4. The van der Waals surface area contributed by atoms with Gasteiger partial charge in [0.25, 0.3) is 0 Å². The Morgan fingerprint density at radius 3 is 3.00 bits per heavy atom. The first-order valence-corrected chi connectivity index (χ1v) is 5.40. The summed E-state index contributed by atoms with van der Waals surface area (Å²) in [6, 6.07) is 0. The van der Waals surface area contributed by atoms with Gasteiger partial charge in [-0.2, -0.15) is 0 Å². The molecule has 0 radical (unpaired) electrons. The smallest absolute Gasteiger partial charge is 0.0794 e. The molecular formula is C9H17N3S. The lowest BCUT2D eigenvalue weighted by Gasteiger charge is -2.08. The zero-order valence-electron chi connectivity index (χ0n) is 8.29. The van der Waals surface area contributed by atoms with E-state index in [0.29, 0.717) is 0 Å². The number of hydrogen-bond donors (Lipinski definition) is 1. The molecule has 1 aromatic heterocycles. The lowest BCUT2D eigenvalue weighted by molar-refractivity contribution is 0.394. The molecular weight excluding hydrogens is 182 g/mol. The molecule has 0 spiro atoms. The zero-order valence-corrected chi connectivity index (χ0v) is 9.10. The normalized spacial score (nSPS) is 11.0. The predicted molar refractivity (Wildman–Crippen MR) is 57.0 cm³/mol. The third-order valence-electron chi connectivity index (χ3n) is 1.74. The lowest BCUT2D eigenvalue weighted by Crippen LogP contribution is -2.20. The second-order valence-electron chi connectivity index (χ2n) is 3.30. The van der Waals surface area contributed by atoms with Crippen LogP contribution < -0.4 is 5.32 Å². The van der Waals surface area contributed by atoms with E-state index in [0.717, 1.165) is 19.6 Å². The van der Waals surface area contributed by atoms with Crippen molar-refractivity contribution in [2.75, 3.05) is 27.2 Å². The first-order valence-electron chi connectivity index (χ1n) is 4.52. The first-order chi connectivity index (χ1) is 6.29. The molecule has 3 nitrogen and oxygen atoms in total. The van der Waals surface area contributed by atoms with Crippen molar-refractivity contribution in [2.24, 2.45) is 0 Å². The molecule has 0 fully saturated rings. The quantitative estimate of drug-likeness (QED) is 0.697. The third kappa shape index (κ3) is 4.98. The summed E-state index contributed by atoms with van der Waals surface area (Å²) in [7, 11) is 4.20. The highest BCUT2D eigenvalue weighted by Crippen LogP contribution is 2.03. The first kappa shape index (κ1) is 10.6. The fraction of sp³-hybridized carbons (Fsp3) is 0.667. The van der Waals surface area contributed by atoms with E-state index in [1.807, 2.05) is 11.7 Å². The Labute approximate surface area is 83.8 Å². The minimum atomic E-state index is 0.956. The summed E-state index contributed by atoms with van der Waals surface area (Å²) in [6.45, 7) is 3.18. The van der Waals surface area contributed by atoms with E-state index < -0.39 is 0 Å². The van der Waals surface area contributed by atoms with Crippen LogP contribution in [0.1, 0.15) is 11.3 Å². The minimum Gasteiger partial charge on any atom is -0.312 e. The summed E-state index contributed by atoms with van der Waals surface area (Å²) in [4.78, 5) is 7.53. The molecule has 0 saturated carbocycles. The van der Waals surface area contributed by atoms with Crippen LogP contribution >= 0.6 is 11.3 Å². The number of thiazole rings is 1. The van der Waals surface area contributed by atoms with E-state index in [-0.39, 0.29) is 0 Å². The van der Waals surface area contributed by atoms with Crippen molar-refractivity contribution in [3.8, 4) is 0 Å². The van der Waals surface area contributed by atoms with Crippen molar-refractivity contribution in [1.82, 2.24) is 15.2 Å². The highest BCUT2D eigenvalue weighted by molar-refractivity contribution is 7.09. The van der Waals surface area contributed by atoms with Crippen molar-refractivity contribution in [3.63, 3.8) is 0 Å². The number of nitrogens with zero attached hydrogens (tertiary/aromatic N) is 2. The molecule has 13 heavy (non-hydrogen) atoms. The van der Waals surface area contributed by atoms with E-state index in [2.05, 4.69) is 29.3 Å². The van der Waals surface area contributed by atoms with Gasteiger partial charge in [0, 0.05) is 17.6 Å². The molecule has 0 aliphatic rings. The lowest BCUT2D eigenvalue weighted by atomic mass is 10.4. The Bertz CT molecular complexity index is 209. The van der Waals surface area contributed by atoms with Gasteiger partial charge in [0.15, 0.2) is 0 Å². The van der Waals surface area contributed by atoms with E-state index in [9.17, 15) is 0 Å². The van der Waals surface area contributed by atoms with Crippen molar-refractivity contribution in [2.45, 2.75) is 13.0 Å². The van der Waals surface area contributed by atoms with Gasteiger partial charge in [-0.05, 0) is 33.6 Å². The van der Waals surface area contributed by atoms with Crippen LogP contribution in [0.2, 0.25) is 0 Å². The molecule has 1 N–H and O–H groups in total. The standard InChI is InChI=1S/C9H17N3S/c1-12(2)5-3-4-10-6-9-7-11-8-13-9/h7-8,10H,3-6H2,1-2H3. The SMILES string of the molecule is CN(C)CCCNCc1cncs1. The molecule has 0 aliphatic carbocycles. The summed E-state index contributed by atoms with van der Waals surface area (Å²) in [5.74, 6) is 0. The van der Waals surface area contributed by atoms with Crippen LogP contribution in [0.25, 0.3) is 0 Å². The fourth-order valence-corrected chi connectivity index (χ4v) is 1.63. The molecule has 0 unspecified atom stereocenters. The van der Waals surface area contributed by atoms with Gasteiger partial charge in [0.05, 0.1) is 5.51 Å². The summed E-state index contributed by atoms with van der Waals surface area (Å²) >= 11 is 1.70. The molecule has 1 aromatic rings. The molecule has 4 heteroatoms. The summed E-state index contributed by atoms with van der Waals surface area (Å²) in [5.41, 5.74) is 1.87. The molecule has 1 rings (SSSR count). The van der Waals surface area contributed by atoms with Gasteiger partial charge in [0.2, 0.25) is 0 Å². The topological polar surface area (TPSA) is 28.2 Å². The largest absolute Gasteiger partial charge is 0.312 e. The van der Waals surface area contributed by atoms with E-state index in [1.54, 1.807) is 11.3 Å². The van der Waals surface area contributed by atoms with E-state index >= 15 is 0 Å². The van der Waals surface area contributed by atoms with Gasteiger partial charge in [0.1, 0.15) is 0 Å². The Balaban J connectivity index is 1.96. The molecule has 0 amide bonds. The molecule has 74 valence electrons. The second-order valence-corrected chi connectivity index (χ2v) is 4.27. The highest BCUT2D eigenvalue weighted by Gasteiger charge is 1.93.